The molecule has 1 rings (SSSR count). The van der Waals surface area contributed by atoms with Gasteiger partial charge in [-0.2, -0.15) is 0 Å². The minimum absolute atomic E-state index is 0.0682. The number of thiazole rings is 1. The summed E-state index contributed by atoms with van der Waals surface area (Å²) in [6.45, 7) is 0. The fraction of sp³-hybridized carbons (Fsp3) is 0.143. The molecule has 1 aromatic heterocycles. The normalized spacial score (nSPS) is 9.50. The smallest absolute Gasteiger partial charge is 0.261 e. The van der Waals surface area contributed by atoms with Crippen LogP contribution in [0.1, 0.15) is 10.5 Å². The summed E-state index contributed by atoms with van der Waals surface area (Å²) in [5.41, 5.74) is 0.0682. The van der Waals surface area contributed by atoms with Gasteiger partial charge in [0.15, 0.2) is 5.13 Å². The molecule has 0 atom stereocenters. The SMILES string of the molecule is CSC(=O)C(=O)c1csc(NC=O)n1. The van der Waals surface area contributed by atoms with Crippen LogP contribution in [0.3, 0.4) is 0 Å². The van der Waals surface area contributed by atoms with Gasteiger partial charge in [0, 0.05) is 5.38 Å². The van der Waals surface area contributed by atoms with Gasteiger partial charge in [-0.05, 0) is 6.26 Å². The molecule has 1 aromatic rings. The number of carbonyl (C=O) groups excluding carboxylic acids is 3. The first kappa shape index (κ1) is 10.9. The van der Waals surface area contributed by atoms with Crippen LogP contribution in [0.5, 0.6) is 0 Å². The van der Waals surface area contributed by atoms with Gasteiger partial charge in [-0.15, -0.1) is 11.3 Å². The Hall–Kier alpha value is -1.21. The Morgan fingerprint density at radius 1 is 1.64 bits per heavy atom. The molecule has 74 valence electrons. The third kappa shape index (κ3) is 2.39. The lowest BCUT2D eigenvalue weighted by Crippen LogP contribution is -2.10. The van der Waals surface area contributed by atoms with Crippen molar-refractivity contribution in [3.63, 3.8) is 0 Å². The first-order valence-corrected chi connectivity index (χ1v) is 5.58. The maximum absolute atomic E-state index is 11.3. The van der Waals surface area contributed by atoms with Crippen LogP contribution >= 0.6 is 23.1 Å². The van der Waals surface area contributed by atoms with Crippen LogP contribution in [0, 0.1) is 0 Å². The van der Waals surface area contributed by atoms with Crippen molar-refractivity contribution in [3.8, 4) is 0 Å². The highest BCUT2D eigenvalue weighted by Gasteiger charge is 2.18. The number of amides is 1. The van der Waals surface area contributed by atoms with E-state index in [0.29, 0.717) is 11.5 Å². The number of rotatable bonds is 4. The number of Topliss-reactive ketones (excluding diaryl/α,β-unsaturated/α-hetero) is 1. The van der Waals surface area contributed by atoms with Crippen molar-refractivity contribution in [1.29, 1.82) is 0 Å². The summed E-state index contributed by atoms with van der Waals surface area (Å²) in [5, 5.41) is 3.47. The number of aromatic nitrogens is 1. The van der Waals surface area contributed by atoms with E-state index in [1.165, 1.54) is 11.6 Å². The Morgan fingerprint density at radius 3 is 2.93 bits per heavy atom. The summed E-state index contributed by atoms with van der Waals surface area (Å²) >= 11 is 1.93. The van der Waals surface area contributed by atoms with Crippen molar-refractivity contribution < 1.29 is 14.4 Å². The Balaban J connectivity index is 2.81. The quantitative estimate of drug-likeness (QED) is 0.470. The number of nitrogens with zero attached hydrogens (tertiary/aromatic N) is 1. The van der Waals surface area contributed by atoms with Crippen LogP contribution in [0.4, 0.5) is 5.13 Å². The number of carbonyl (C=O) groups is 3. The van der Waals surface area contributed by atoms with Crippen LogP contribution in [-0.4, -0.2) is 28.5 Å². The van der Waals surface area contributed by atoms with E-state index in [2.05, 4.69) is 10.3 Å². The van der Waals surface area contributed by atoms with Gasteiger partial charge in [0.2, 0.25) is 6.41 Å². The van der Waals surface area contributed by atoms with E-state index in [4.69, 9.17) is 0 Å². The van der Waals surface area contributed by atoms with Gasteiger partial charge < -0.3 is 5.32 Å². The van der Waals surface area contributed by atoms with E-state index in [0.717, 1.165) is 23.1 Å². The largest absolute Gasteiger partial charge is 0.305 e. The van der Waals surface area contributed by atoms with Crippen molar-refractivity contribution in [3.05, 3.63) is 11.1 Å². The number of hydrogen-bond donors (Lipinski definition) is 1. The lowest BCUT2D eigenvalue weighted by atomic mass is 10.3. The fourth-order valence-electron chi connectivity index (χ4n) is 0.692. The molecule has 0 aliphatic carbocycles. The molecule has 14 heavy (non-hydrogen) atoms. The summed E-state index contributed by atoms with van der Waals surface area (Å²) in [4.78, 5) is 36.0. The Bertz CT molecular complexity index is 375. The molecule has 7 heteroatoms. The van der Waals surface area contributed by atoms with E-state index in [1.807, 2.05) is 0 Å². The maximum Gasteiger partial charge on any atom is 0.261 e. The van der Waals surface area contributed by atoms with E-state index < -0.39 is 10.9 Å². The molecule has 5 nitrogen and oxygen atoms in total. The van der Waals surface area contributed by atoms with E-state index in [1.54, 1.807) is 0 Å². The summed E-state index contributed by atoms with van der Waals surface area (Å²) in [6, 6.07) is 0. The fourth-order valence-corrected chi connectivity index (χ4v) is 1.63. The van der Waals surface area contributed by atoms with Crippen molar-refractivity contribution in [2.24, 2.45) is 0 Å². The number of nitrogens with one attached hydrogen (secondary N) is 1. The zero-order valence-corrected chi connectivity index (χ0v) is 8.78. The highest BCUT2D eigenvalue weighted by Crippen LogP contribution is 2.16. The van der Waals surface area contributed by atoms with Crippen molar-refractivity contribution >= 4 is 45.5 Å². The van der Waals surface area contributed by atoms with Crippen LogP contribution in [0.2, 0.25) is 0 Å². The number of anilines is 1. The molecular formula is C7H6N2O3S2. The molecule has 0 aromatic carbocycles. The maximum atomic E-state index is 11.3. The zero-order valence-electron chi connectivity index (χ0n) is 7.14. The summed E-state index contributed by atoms with van der Waals surface area (Å²) in [6.07, 6.45) is 1.99. The van der Waals surface area contributed by atoms with Crippen LogP contribution in [0.25, 0.3) is 0 Å². The lowest BCUT2D eigenvalue weighted by molar-refractivity contribution is -0.107. The first-order valence-electron chi connectivity index (χ1n) is 3.47. The summed E-state index contributed by atoms with van der Waals surface area (Å²) < 4.78 is 0. The van der Waals surface area contributed by atoms with Crippen LogP contribution < -0.4 is 5.32 Å². The monoisotopic (exact) mass is 230 g/mol. The predicted octanol–water partition coefficient (Wildman–Crippen LogP) is 0.784. The van der Waals surface area contributed by atoms with Gasteiger partial charge in [-0.3, -0.25) is 14.4 Å². The number of thioether (sulfide) groups is 1. The highest BCUT2D eigenvalue weighted by atomic mass is 32.2. The van der Waals surface area contributed by atoms with Crippen molar-refractivity contribution in [2.45, 2.75) is 0 Å². The molecule has 0 radical (unpaired) electrons. The minimum atomic E-state index is -0.646. The molecule has 1 N–H and O–H groups in total. The van der Waals surface area contributed by atoms with Gasteiger partial charge in [0.25, 0.3) is 10.9 Å². The molecule has 0 fully saturated rings. The second-order valence-electron chi connectivity index (χ2n) is 2.12. The molecule has 0 spiro atoms. The highest BCUT2D eigenvalue weighted by molar-refractivity contribution is 8.14. The second-order valence-corrected chi connectivity index (χ2v) is 3.76. The van der Waals surface area contributed by atoms with Gasteiger partial charge in [0.05, 0.1) is 0 Å². The van der Waals surface area contributed by atoms with E-state index >= 15 is 0 Å². The molecular weight excluding hydrogens is 224 g/mol. The van der Waals surface area contributed by atoms with Crippen LogP contribution in [-0.2, 0) is 9.59 Å². The van der Waals surface area contributed by atoms with Gasteiger partial charge in [0.1, 0.15) is 5.69 Å². The lowest BCUT2D eigenvalue weighted by Gasteiger charge is -1.90. The third-order valence-corrected chi connectivity index (χ3v) is 2.62. The molecule has 1 amide bonds. The zero-order chi connectivity index (χ0) is 10.6. The molecule has 0 saturated heterocycles. The summed E-state index contributed by atoms with van der Waals surface area (Å²) in [5.74, 6) is -0.646. The topological polar surface area (TPSA) is 76.1 Å². The van der Waals surface area contributed by atoms with E-state index in [9.17, 15) is 14.4 Å². The Morgan fingerprint density at radius 2 is 2.36 bits per heavy atom. The number of hydrogen-bond acceptors (Lipinski definition) is 6. The summed E-state index contributed by atoms with van der Waals surface area (Å²) in [7, 11) is 0. The predicted molar refractivity (Wildman–Crippen MR) is 54.7 cm³/mol. The first-order chi connectivity index (χ1) is 6.69. The molecule has 1 heterocycles. The molecule has 0 aliphatic heterocycles. The van der Waals surface area contributed by atoms with Crippen molar-refractivity contribution in [1.82, 2.24) is 4.98 Å². The molecule has 0 unspecified atom stereocenters. The average molecular weight is 230 g/mol. The molecule has 0 saturated carbocycles. The van der Waals surface area contributed by atoms with E-state index in [-0.39, 0.29) is 5.69 Å². The Labute approximate surface area is 87.9 Å². The minimum Gasteiger partial charge on any atom is -0.305 e. The van der Waals surface area contributed by atoms with Gasteiger partial charge in [-0.25, -0.2) is 4.98 Å². The molecule has 0 aliphatic rings. The molecule has 0 bridgehead atoms. The number of ketones is 1. The van der Waals surface area contributed by atoms with Crippen LogP contribution in [0.15, 0.2) is 5.38 Å². The van der Waals surface area contributed by atoms with Crippen molar-refractivity contribution in [2.75, 3.05) is 11.6 Å². The standard InChI is InChI=1S/C7H6N2O3S2/c1-13-6(12)5(11)4-2-14-7(9-4)8-3-10/h2-3H,1H3,(H,8,9,10). The average Bonchev–Trinajstić information content (AvgIpc) is 2.64. The Kier molecular flexibility index (Phi) is 3.78. The third-order valence-electron chi connectivity index (χ3n) is 1.29. The van der Waals surface area contributed by atoms with Gasteiger partial charge in [-0.1, -0.05) is 11.8 Å². The second kappa shape index (κ2) is 4.87. The van der Waals surface area contributed by atoms with Gasteiger partial charge >= 0.3 is 0 Å².